The molecular weight excluding hydrogens is 837 g/mol. The summed E-state index contributed by atoms with van der Waals surface area (Å²) in [6.45, 7) is 16.4. The molecule has 0 fully saturated rings. The molecule has 2 aromatic carbocycles. The molecule has 0 aliphatic carbocycles. The quantitative estimate of drug-likeness (QED) is 0.0283. The van der Waals surface area contributed by atoms with Crippen molar-refractivity contribution >= 4 is 112 Å². The molecule has 0 aliphatic heterocycles. The minimum atomic E-state index is -3.14. The number of hydrogen-bond acceptors (Lipinski definition) is 15. The maximum atomic E-state index is 6.68. The van der Waals surface area contributed by atoms with E-state index >= 15 is 0 Å². The van der Waals surface area contributed by atoms with E-state index in [4.69, 9.17) is 36.5 Å². The molecule has 4 aromatic rings. The van der Waals surface area contributed by atoms with E-state index in [1.807, 2.05) is 33.7 Å². The lowest BCUT2D eigenvalue weighted by Gasteiger charge is -2.35. The van der Waals surface area contributed by atoms with Crippen molar-refractivity contribution in [2.24, 2.45) is 0 Å². The van der Waals surface area contributed by atoms with Gasteiger partial charge in [-0.05, 0) is 92.3 Å². The van der Waals surface area contributed by atoms with Crippen LogP contribution < -0.4 is 0 Å². The van der Waals surface area contributed by atoms with E-state index in [0.717, 1.165) is 71.1 Å². The monoisotopic (exact) mass is 892 g/mol. The van der Waals surface area contributed by atoms with Gasteiger partial charge in [0.2, 0.25) is 0 Å². The van der Waals surface area contributed by atoms with Gasteiger partial charge in [-0.15, -0.1) is 22.7 Å². The van der Waals surface area contributed by atoms with Crippen molar-refractivity contribution in [3.05, 3.63) is 58.5 Å². The summed E-state index contributed by atoms with van der Waals surface area (Å²) in [4.78, 5) is 10.2. The molecule has 0 amide bonds. The number of aromatic nitrogens is 2. The van der Waals surface area contributed by atoms with Crippen molar-refractivity contribution in [1.29, 1.82) is 0 Å². The molecule has 296 valence electrons. The first kappa shape index (κ1) is 45.9. The molecule has 0 bridgehead atoms. The highest BCUT2D eigenvalue weighted by molar-refractivity contribution is 9.35. The molecule has 0 spiro atoms. The Balaban J connectivity index is 1.50. The van der Waals surface area contributed by atoms with E-state index in [-0.39, 0.29) is 11.1 Å². The van der Waals surface area contributed by atoms with Gasteiger partial charge in [0, 0.05) is 51.1 Å². The fourth-order valence-corrected chi connectivity index (χ4v) is 25.6. The Kier molecular flexibility index (Phi) is 22.1. The predicted molar refractivity (Wildman–Crippen MR) is 241 cm³/mol. The molecule has 17 heteroatoms. The third-order valence-corrected chi connectivity index (χ3v) is 26.0. The highest BCUT2D eigenvalue weighted by atomic mass is 33.8. The summed E-state index contributed by atoms with van der Waals surface area (Å²) < 4.78 is 42.4. The standard InChI is InChI=1S/C36H56N2O6S7Si2/c1-7-21-39-52(40-22-8-2,41-23-9-3)33(35-37-29-17-13-15-19-31(29)47-35)27-45-49-51-50-46-28-34(36-38-30-18-14-16-20-32(30)48-36)53(42-24-10-4,43-25-11-5)44-26-12-6/h13-20,33-34H,7-12,21-28H2,1-6H3. The van der Waals surface area contributed by atoms with Gasteiger partial charge in [-0.3, -0.25) is 0 Å². The zero-order valence-corrected chi connectivity index (χ0v) is 39.6. The highest BCUT2D eigenvalue weighted by Crippen LogP contribution is 2.52. The number of fused-ring (bicyclic) bond motifs is 2. The van der Waals surface area contributed by atoms with Gasteiger partial charge in [0.25, 0.3) is 0 Å². The van der Waals surface area contributed by atoms with E-state index in [2.05, 4.69) is 77.9 Å². The van der Waals surface area contributed by atoms with Crippen molar-refractivity contribution in [3.63, 3.8) is 0 Å². The van der Waals surface area contributed by atoms with Crippen molar-refractivity contribution in [3.8, 4) is 0 Å². The Labute approximate surface area is 346 Å². The molecule has 0 saturated carbocycles. The van der Waals surface area contributed by atoms with Crippen LogP contribution >= 0.6 is 73.7 Å². The van der Waals surface area contributed by atoms with Crippen LogP contribution in [0.2, 0.25) is 0 Å². The Morgan fingerprint density at radius 1 is 0.491 bits per heavy atom. The number of rotatable bonds is 30. The van der Waals surface area contributed by atoms with Gasteiger partial charge in [0.1, 0.15) is 10.0 Å². The molecule has 2 unspecified atom stereocenters. The Bertz CT molecular complexity index is 1360. The molecule has 0 N–H and O–H groups in total. The first-order valence-electron chi connectivity index (χ1n) is 18.8. The Hall–Kier alpha value is 0.164. The van der Waals surface area contributed by atoms with E-state index in [1.165, 1.54) is 9.40 Å². The average Bonchev–Trinajstić information content (AvgIpc) is 3.82. The second-order valence-corrected chi connectivity index (χ2v) is 27.7. The minimum absolute atomic E-state index is 0.0718. The van der Waals surface area contributed by atoms with E-state index < -0.39 is 17.6 Å². The molecule has 8 nitrogen and oxygen atoms in total. The Morgan fingerprint density at radius 3 is 1.11 bits per heavy atom. The van der Waals surface area contributed by atoms with Crippen LogP contribution in [0.5, 0.6) is 0 Å². The van der Waals surface area contributed by atoms with E-state index in [9.17, 15) is 0 Å². The van der Waals surface area contributed by atoms with Gasteiger partial charge in [0.05, 0.1) is 31.5 Å². The fourth-order valence-electron chi connectivity index (χ4n) is 5.29. The van der Waals surface area contributed by atoms with Crippen LogP contribution in [0.25, 0.3) is 20.4 Å². The number of thiazole rings is 2. The molecule has 53 heavy (non-hydrogen) atoms. The maximum absolute atomic E-state index is 6.68. The average molecular weight is 893 g/mol. The molecule has 0 saturated heterocycles. The van der Waals surface area contributed by atoms with E-state index in [0.29, 0.717) is 39.6 Å². The summed E-state index contributed by atoms with van der Waals surface area (Å²) in [5, 5.41) is 2.07. The van der Waals surface area contributed by atoms with Crippen LogP contribution in [0, 0.1) is 0 Å². The van der Waals surface area contributed by atoms with Gasteiger partial charge >= 0.3 is 17.6 Å². The van der Waals surface area contributed by atoms with Crippen LogP contribution in [0.1, 0.15) is 101 Å². The number of hydrogen-bond donors (Lipinski definition) is 0. The minimum Gasteiger partial charge on any atom is -0.373 e. The molecular formula is C36H56N2O6S7Si2. The second-order valence-electron chi connectivity index (χ2n) is 12.2. The van der Waals surface area contributed by atoms with Crippen molar-refractivity contribution in [2.45, 2.75) is 91.1 Å². The smallest absolute Gasteiger partial charge is 0.373 e. The fraction of sp³-hybridized carbons (Fsp3) is 0.611. The van der Waals surface area contributed by atoms with Crippen LogP contribution in [0.3, 0.4) is 0 Å². The van der Waals surface area contributed by atoms with Crippen LogP contribution in [0.15, 0.2) is 48.5 Å². The summed E-state index contributed by atoms with van der Waals surface area (Å²) in [6, 6.07) is 16.7. The van der Waals surface area contributed by atoms with Crippen molar-refractivity contribution in [1.82, 2.24) is 9.97 Å². The van der Waals surface area contributed by atoms with Crippen molar-refractivity contribution in [2.75, 3.05) is 51.1 Å². The maximum Gasteiger partial charge on any atom is 0.512 e. The summed E-state index contributed by atoms with van der Waals surface area (Å²) >= 11 is 3.47. The van der Waals surface area contributed by atoms with Gasteiger partial charge in [-0.2, -0.15) is 0 Å². The first-order valence-corrected chi connectivity index (χ1v) is 30.5. The van der Waals surface area contributed by atoms with Crippen LogP contribution in [-0.2, 0) is 26.6 Å². The lowest BCUT2D eigenvalue weighted by Crippen LogP contribution is -2.53. The van der Waals surface area contributed by atoms with Crippen LogP contribution in [0.4, 0.5) is 0 Å². The largest absolute Gasteiger partial charge is 0.512 e. The van der Waals surface area contributed by atoms with Gasteiger partial charge in [-0.25, -0.2) is 9.97 Å². The van der Waals surface area contributed by atoms with Gasteiger partial charge in [0.15, 0.2) is 0 Å². The first-order chi connectivity index (χ1) is 26.0. The molecule has 0 radical (unpaired) electrons. The SMILES string of the molecule is CCCO[Si](OCCC)(OCCC)C(CSSSSSCC(c1nc2ccccc2s1)[Si](OCCC)(OCCC)OCCC)c1nc2ccccc2s1. The zero-order valence-electron chi connectivity index (χ0n) is 31.9. The number of benzene rings is 2. The number of para-hydroxylation sites is 2. The highest BCUT2D eigenvalue weighted by Gasteiger charge is 2.53. The van der Waals surface area contributed by atoms with Gasteiger partial charge < -0.3 is 26.6 Å². The van der Waals surface area contributed by atoms with Crippen LogP contribution in [-0.4, -0.2) is 78.7 Å². The van der Waals surface area contributed by atoms with Gasteiger partial charge in [-0.1, -0.05) is 87.4 Å². The molecule has 0 aliphatic rings. The molecule has 2 heterocycles. The third kappa shape index (κ3) is 13.6. The predicted octanol–water partition coefficient (Wildman–Crippen LogP) is 12.6. The molecule has 4 rings (SSSR count). The summed E-state index contributed by atoms with van der Waals surface area (Å²) in [5.74, 6) is 1.55. The summed E-state index contributed by atoms with van der Waals surface area (Å²) in [7, 11) is 2.71. The summed E-state index contributed by atoms with van der Waals surface area (Å²) in [5.41, 5.74) is 1.88. The molecule has 2 aromatic heterocycles. The zero-order chi connectivity index (χ0) is 37.8. The topological polar surface area (TPSA) is 81.2 Å². The second kappa shape index (κ2) is 25.5. The normalized spacial score (nSPS) is 13.7. The van der Waals surface area contributed by atoms with E-state index in [1.54, 1.807) is 52.2 Å². The molecule has 2 atom stereocenters. The summed E-state index contributed by atoms with van der Waals surface area (Å²) in [6.07, 6.45) is 5.40. The van der Waals surface area contributed by atoms with Crippen molar-refractivity contribution < 1.29 is 26.6 Å². The third-order valence-electron chi connectivity index (χ3n) is 7.74. The lowest BCUT2D eigenvalue weighted by molar-refractivity contribution is 0.0515. The Morgan fingerprint density at radius 2 is 0.811 bits per heavy atom. The number of nitrogens with zero attached hydrogens (tertiary/aromatic N) is 2. The lowest BCUT2D eigenvalue weighted by atomic mass is 10.3.